The monoisotopic (exact) mass is 410 g/mol. The van der Waals surface area contributed by atoms with Crippen molar-refractivity contribution in [3.8, 4) is 0 Å². The Kier molecular flexibility index (Phi) is 7.44. The fraction of sp³-hybridized carbons (Fsp3) is 0. The lowest BCUT2D eigenvalue weighted by atomic mass is 10.1. The van der Waals surface area contributed by atoms with Gasteiger partial charge in [-0.25, -0.2) is 0 Å². The molecular formula is C32H26. The predicted octanol–water partition coefficient (Wildman–Crippen LogP) is 8.75. The number of rotatable bonds is 7. The Morgan fingerprint density at radius 1 is 0.250 bits per heavy atom. The van der Waals surface area contributed by atoms with E-state index < -0.39 is 0 Å². The average molecular weight is 411 g/mol. The highest BCUT2D eigenvalue weighted by Crippen LogP contribution is 2.13. The molecule has 0 N–H and O–H groups in total. The molecule has 0 saturated heterocycles. The van der Waals surface area contributed by atoms with Gasteiger partial charge in [0.25, 0.3) is 0 Å². The van der Waals surface area contributed by atoms with Crippen LogP contribution in [0.2, 0.25) is 0 Å². The van der Waals surface area contributed by atoms with Gasteiger partial charge in [-0.3, -0.25) is 0 Å². The molecule has 154 valence electrons. The first kappa shape index (κ1) is 21.1. The van der Waals surface area contributed by atoms with Gasteiger partial charge >= 0.3 is 0 Å². The fourth-order valence-electron chi connectivity index (χ4n) is 3.28. The molecule has 32 heavy (non-hydrogen) atoms. The third-order valence-electron chi connectivity index (χ3n) is 5.10. The summed E-state index contributed by atoms with van der Waals surface area (Å²) in [5.41, 5.74) is 7.19. The highest BCUT2D eigenvalue weighted by Gasteiger charge is 1.91. The Bertz CT molecular complexity index is 1100. The van der Waals surface area contributed by atoms with E-state index in [0.29, 0.717) is 0 Å². The van der Waals surface area contributed by atoms with Gasteiger partial charge in [-0.05, 0) is 33.4 Å². The first-order valence-electron chi connectivity index (χ1n) is 10.9. The first-order chi connectivity index (χ1) is 15.8. The van der Waals surface area contributed by atoms with Gasteiger partial charge in [-0.15, -0.1) is 0 Å². The van der Waals surface area contributed by atoms with Crippen molar-refractivity contribution < 1.29 is 0 Å². The highest BCUT2D eigenvalue weighted by molar-refractivity contribution is 5.71. The molecule has 0 heterocycles. The van der Waals surface area contributed by atoms with E-state index in [2.05, 4.69) is 146 Å². The van der Waals surface area contributed by atoms with Crippen molar-refractivity contribution in [2.75, 3.05) is 0 Å². The zero-order valence-electron chi connectivity index (χ0n) is 18.0. The van der Waals surface area contributed by atoms with Crippen LogP contribution < -0.4 is 0 Å². The van der Waals surface area contributed by atoms with E-state index in [4.69, 9.17) is 0 Å². The second-order valence-corrected chi connectivity index (χ2v) is 7.54. The summed E-state index contributed by atoms with van der Waals surface area (Å²) in [5, 5.41) is 0. The summed E-state index contributed by atoms with van der Waals surface area (Å²) in [4.78, 5) is 0. The van der Waals surface area contributed by atoms with Gasteiger partial charge in [-0.1, -0.05) is 158 Å². The van der Waals surface area contributed by atoms with Gasteiger partial charge < -0.3 is 0 Å². The number of benzene rings is 4. The van der Waals surface area contributed by atoms with Crippen LogP contribution in [0, 0.1) is 0 Å². The van der Waals surface area contributed by atoms with Crippen molar-refractivity contribution in [3.05, 3.63) is 155 Å². The molecule has 0 nitrogen and oxygen atoms in total. The van der Waals surface area contributed by atoms with Gasteiger partial charge in [0.15, 0.2) is 0 Å². The minimum Gasteiger partial charge on any atom is -0.0622 e. The van der Waals surface area contributed by atoms with E-state index in [-0.39, 0.29) is 0 Å². The van der Waals surface area contributed by atoms with Crippen LogP contribution in [0.3, 0.4) is 0 Å². The summed E-state index contributed by atoms with van der Waals surface area (Å²) in [5.74, 6) is 0. The van der Waals surface area contributed by atoms with Gasteiger partial charge in [0.1, 0.15) is 0 Å². The maximum atomic E-state index is 2.14. The predicted molar refractivity (Wildman–Crippen MR) is 142 cm³/mol. The van der Waals surface area contributed by atoms with Gasteiger partial charge in [0, 0.05) is 0 Å². The Morgan fingerprint density at radius 2 is 0.500 bits per heavy atom. The quantitative estimate of drug-likeness (QED) is 0.211. The van der Waals surface area contributed by atoms with E-state index in [1.165, 1.54) is 33.4 Å². The summed E-state index contributed by atoms with van der Waals surface area (Å²) in [6.45, 7) is 0. The summed E-state index contributed by atoms with van der Waals surface area (Å²) < 4.78 is 0. The smallest absolute Gasteiger partial charge is 0.0256 e. The molecule has 0 unspecified atom stereocenters. The molecule has 0 aliphatic rings. The van der Waals surface area contributed by atoms with Crippen LogP contribution in [0.15, 0.2) is 121 Å². The minimum absolute atomic E-state index is 1.19. The van der Waals surface area contributed by atoms with Gasteiger partial charge in [0.05, 0.1) is 0 Å². The third-order valence-corrected chi connectivity index (χ3v) is 5.10. The molecule has 4 aromatic carbocycles. The van der Waals surface area contributed by atoms with E-state index in [9.17, 15) is 0 Å². The Hall–Kier alpha value is -4.16. The lowest BCUT2D eigenvalue weighted by Crippen LogP contribution is -1.75. The molecule has 0 spiro atoms. The Morgan fingerprint density at radius 3 is 0.812 bits per heavy atom. The molecule has 4 rings (SSSR count). The summed E-state index contributed by atoms with van der Waals surface area (Å²) in [6.07, 6.45) is 17.0. The Labute approximate surface area is 191 Å². The van der Waals surface area contributed by atoms with E-state index >= 15 is 0 Å². The standard InChI is InChI=1S/C32H26/c1-3-9-27(10-4-1)15-21-31-23-17-29(18-24-31)13-7-8-14-30-19-25-32(26-20-30)22-16-28-11-5-2-6-12-28/h1-26H. The molecule has 0 fully saturated rings. The second-order valence-electron chi connectivity index (χ2n) is 7.54. The molecule has 0 aromatic heterocycles. The molecule has 4 aromatic rings. The van der Waals surface area contributed by atoms with Crippen LogP contribution in [0.25, 0.3) is 36.5 Å². The van der Waals surface area contributed by atoms with Crippen LogP contribution in [-0.4, -0.2) is 0 Å². The second kappa shape index (κ2) is 11.3. The molecule has 0 aliphatic carbocycles. The minimum atomic E-state index is 1.19. The molecule has 0 amide bonds. The molecular weight excluding hydrogens is 384 g/mol. The van der Waals surface area contributed by atoms with Crippen LogP contribution >= 0.6 is 0 Å². The van der Waals surface area contributed by atoms with Crippen LogP contribution in [0.5, 0.6) is 0 Å². The Balaban J connectivity index is 1.30. The zero-order chi connectivity index (χ0) is 21.8. The maximum Gasteiger partial charge on any atom is -0.0256 e. The van der Waals surface area contributed by atoms with E-state index in [1.54, 1.807) is 0 Å². The van der Waals surface area contributed by atoms with Crippen molar-refractivity contribution in [3.63, 3.8) is 0 Å². The van der Waals surface area contributed by atoms with Gasteiger partial charge in [-0.2, -0.15) is 0 Å². The molecule has 0 bridgehead atoms. The SMILES string of the molecule is C(C=Cc1ccc(C=Cc2ccccc2)cc1)=Cc1ccc(C=Cc2ccccc2)cc1. The number of hydrogen-bond donors (Lipinski definition) is 0. The van der Waals surface area contributed by atoms with E-state index in [1.807, 2.05) is 12.1 Å². The molecule has 0 saturated carbocycles. The van der Waals surface area contributed by atoms with Crippen molar-refractivity contribution >= 4 is 36.5 Å². The molecule has 0 heteroatoms. The topological polar surface area (TPSA) is 0 Å². The molecule has 0 atom stereocenters. The highest BCUT2D eigenvalue weighted by atomic mass is 14.0. The number of hydrogen-bond acceptors (Lipinski definition) is 0. The van der Waals surface area contributed by atoms with Crippen molar-refractivity contribution in [1.82, 2.24) is 0 Å². The first-order valence-corrected chi connectivity index (χ1v) is 10.9. The van der Waals surface area contributed by atoms with Crippen LogP contribution in [0.4, 0.5) is 0 Å². The normalized spacial score (nSPS) is 11.9. The molecule has 0 radical (unpaired) electrons. The lowest BCUT2D eigenvalue weighted by Gasteiger charge is -1.97. The number of allylic oxidation sites excluding steroid dienone is 2. The van der Waals surface area contributed by atoms with Crippen LogP contribution in [-0.2, 0) is 0 Å². The van der Waals surface area contributed by atoms with Gasteiger partial charge in [0.2, 0.25) is 0 Å². The van der Waals surface area contributed by atoms with Crippen LogP contribution in [0.1, 0.15) is 33.4 Å². The largest absolute Gasteiger partial charge is 0.0622 e. The maximum absolute atomic E-state index is 2.14. The lowest BCUT2D eigenvalue weighted by molar-refractivity contribution is 1.61. The summed E-state index contributed by atoms with van der Waals surface area (Å²) in [7, 11) is 0. The summed E-state index contributed by atoms with van der Waals surface area (Å²) in [6, 6.07) is 37.8. The van der Waals surface area contributed by atoms with Crippen molar-refractivity contribution in [2.45, 2.75) is 0 Å². The van der Waals surface area contributed by atoms with E-state index in [0.717, 1.165) is 0 Å². The van der Waals surface area contributed by atoms with Crippen molar-refractivity contribution in [2.24, 2.45) is 0 Å². The fourth-order valence-corrected chi connectivity index (χ4v) is 3.28. The molecule has 0 aliphatic heterocycles. The summed E-state index contributed by atoms with van der Waals surface area (Å²) >= 11 is 0. The third kappa shape index (κ3) is 6.68. The average Bonchev–Trinajstić information content (AvgIpc) is 2.87. The zero-order valence-corrected chi connectivity index (χ0v) is 18.0. The van der Waals surface area contributed by atoms with Crippen molar-refractivity contribution in [1.29, 1.82) is 0 Å².